The van der Waals surface area contributed by atoms with Crippen LogP contribution in [0.5, 0.6) is 0 Å². The van der Waals surface area contributed by atoms with Crippen molar-refractivity contribution in [2.45, 2.75) is 65.1 Å². The van der Waals surface area contributed by atoms with E-state index in [9.17, 15) is 14.7 Å². The maximum absolute atomic E-state index is 13.4. The number of amides is 2. The Morgan fingerprint density at radius 2 is 1.94 bits per heavy atom. The number of aliphatic hydroxyl groups excluding tert-OH is 1. The molecule has 2 heterocycles. The van der Waals surface area contributed by atoms with Crippen molar-refractivity contribution in [2.24, 2.45) is 5.92 Å². The van der Waals surface area contributed by atoms with Gasteiger partial charge in [0.2, 0.25) is 11.8 Å². The quantitative estimate of drug-likeness (QED) is 0.508. The van der Waals surface area contributed by atoms with Gasteiger partial charge in [-0.1, -0.05) is 50.2 Å². The number of aromatic nitrogens is 1. The summed E-state index contributed by atoms with van der Waals surface area (Å²) in [5.74, 6) is -0.666. The van der Waals surface area contributed by atoms with E-state index in [-0.39, 0.29) is 23.8 Å². The number of likely N-dealkylation sites (tertiary alicyclic amines) is 1. The number of carbonyl (C=O) groups excluding carboxylic acids is 2. The second-order valence-corrected chi connectivity index (χ2v) is 10.2. The molecule has 34 heavy (non-hydrogen) atoms. The van der Waals surface area contributed by atoms with Crippen molar-refractivity contribution in [1.29, 1.82) is 0 Å². The number of aryl methyl sites for hydroxylation is 1. The molecule has 1 aromatic heterocycles. The average molecular weight is 480 g/mol. The molecule has 7 heteroatoms. The van der Waals surface area contributed by atoms with Gasteiger partial charge in [0, 0.05) is 23.4 Å². The van der Waals surface area contributed by atoms with E-state index in [1.807, 2.05) is 26.0 Å². The fourth-order valence-corrected chi connectivity index (χ4v) is 5.54. The Labute approximate surface area is 205 Å². The van der Waals surface area contributed by atoms with Gasteiger partial charge in [0.05, 0.1) is 17.8 Å². The largest absolute Gasteiger partial charge is 0.391 e. The fraction of sp³-hybridized carbons (Fsp3) is 0.444. The minimum absolute atomic E-state index is 0.148. The topological polar surface area (TPSA) is 82.5 Å². The number of nitrogens with one attached hydrogen (secondary N) is 1. The van der Waals surface area contributed by atoms with E-state index in [0.29, 0.717) is 13.0 Å². The number of fused-ring (bicyclic) bond motifs is 1. The summed E-state index contributed by atoms with van der Waals surface area (Å²) in [6, 6.07) is 11.5. The van der Waals surface area contributed by atoms with Gasteiger partial charge in [0.1, 0.15) is 11.0 Å². The number of nitrogens with zero attached hydrogens (tertiary/aromatic N) is 2. The molecule has 1 saturated heterocycles. The highest BCUT2D eigenvalue weighted by molar-refractivity contribution is 7.10. The Morgan fingerprint density at radius 1 is 1.21 bits per heavy atom. The monoisotopic (exact) mass is 479 g/mol. The number of hydrogen-bond donors (Lipinski definition) is 2. The summed E-state index contributed by atoms with van der Waals surface area (Å²) in [6.45, 7) is 8.00. The van der Waals surface area contributed by atoms with E-state index in [1.54, 1.807) is 23.2 Å². The van der Waals surface area contributed by atoms with Crippen molar-refractivity contribution in [3.05, 3.63) is 52.3 Å². The molecule has 0 radical (unpaired) electrons. The number of thiazole rings is 1. The Morgan fingerprint density at radius 3 is 2.65 bits per heavy atom. The zero-order valence-corrected chi connectivity index (χ0v) is 21.1. The van der Waals surface area contributed by atoms with Crippen LogP contribution in [0.4, 0.5) is 0 Å². The SMILES string of the molecule is CC[C@@H](C)C(=O)N[C@H](C(=O)N1CCC[C@H]1c1nc(-c2ccc(C)c3ccccc23)cs1)[C@@H](C)O. The fourth-order valence-electron chi connectivity index (χ4n) is 4.57. The Balaban J connectivity index is 1.59. The maximum Gasteiger partial charge on any atom is 0.248 e. The standard InChI is InChI=1S/C27H33N3O3S/c1-5-16(2)25(32)29-24(18(4)31)27(33)30-14-8-11-23(30)26-28-22(15-34-26)21-13-12-17(3)19-9-6-7-10-20(19)21/h6-7,9-10,12-13,15-16,18,23-24,31H,5,8,11,14H2,1-4H3,(H,29,32)/t16-,18-,23+,24+/m1/s1. The lowest BCUT2D eigenvalue weighted by atomic mass is 9.99. The van der Waals surface area contributed by atoms with Gasteiger partial charge in [-0.15, -0.1) is 11.3 Å². The van der Waals surface area contributed by atoms with Gasteiger partial charge >= 0.3 is 0 Å². The summed E-state index contributed by atoms with van der Waals surface area (Å²) < 4.78 is 0. The third kappa shape index (κ3) is 4.72. The van der Waals surface area contributed by atoms with Gasteiger partial charge in [-0.3, -0.25) is 9.59 Å². The van der Waals surface area contributed by atoms with Crippen LogP contribution < -0.4 is 5.32 Å². The molecule has 180 valence electrons. The predicted octanol–water partition coefficient (Wildman–Crippen LogP) is 4.85. The first-order valence-electron chi connectivity index (χ1n) is 12.0. The zero-order chi connectivity index (χ0) is 24.4. The third-order valence-electron chi connectivity index (χ3n) is 6.87. The van der Waals surface area contributed by atoms with Gasteiger partial charge in [-0.2, -0.15) is 0 Å². The molecule has 1 aliphatic heterocycles. The van der Waals surface area contributed by atoms with Crippen LogP contribution in [0.3, 0.4) is 0 Å². The number of rotatable bonds is 7. The van der Waals surface area contributed by atoms with Crippen molar-refractivity contribution in [3.63, 3.8) is 0 Å². The molecule has 3 aromatic rings. The molecule has 0 bridgehead atoms. The summed E-state index contributed by atoms with van der Waals surface area (Å²) in [5, 5.41) is 18.4. The molecule has 1 aliphatic rings. The van der Waals surface area contributed by atoms with Crippen molar-refractivity contribution in [3.8, 4) is 11.3 Å². The normalized spacial score (nSPS) is 18.6. The molecular weight excluding hydrogens is 446 g/mol. The molecule has 1 fully saturated rings. The highest BCUT2D eigenvalue weighted by atomic mass is 32.1. The van der Waals surface area contributed by atoms with Crippen molar-refractivity contribution in [1.82, 2.24) is 15.2 Å². The second-order valence-electron chi connectivity index (χ2n) is 9.27. The summed E-state index contributed by atoms with van der Waals surface area (Å²) in [7, 11) is 0. The minimum Gasteiger partial charge on any atom is -0.391 e. The van der Waals surface area contributed by atoms with Crippen LogP contribution in [0.15, 0.2) is 41.8 Å². The minimum atomic E-state index is -0.979. The molecule has 4 atom stereocenters. The molecule has 6 nitrogen and oxygen atoms in total. The highest BCUT2D eigenvalue weighted by Crippen LogP contribution is 2.38. The Kier molecular flexibility index (Phi) is 7.33. The third-order valence-corrected chi connectivity index (χ3v) is 7.81. The van der Waals surface area contributed by atoms with Crippen LogP contribution >= 0.6 is 11.3 Å². The second kappa shape index (κ2) is 10.2. The predicted molar refractivity (Wildman–Crippen MR) is 137 cm³/mol. The van der Waals surface area contributed by atoms with Crippen LogP contribution in [0.25, 0.3) is 22.0 Å². The van der Waals surface area contributed by atoms with E-state index in [2.05, 4.69) is 41.9 Å². The Hall–Kier alpha value is -2.77. The van der Waals surface area contributed by atoms with E-state index >= 15 is 0 Å². The van der Waals surface area contributed by atoms with Crippen LogP contribution in [-0.4, -0.2) is 45.5 Å². The molecule has 2 aromatic carbocycles. The van der Waals surface area contributed by atoms with Crippen molar-refractivity contribution >= 4 is 33.9 Å². The Bertz CT molecular complexity index is 1190. The van der Waals surface area contributed by atoms with Crippen LogP contribution in [-0.2, 0) is 9.59 Å². The lowest BCUT2D eigenvalue weighted by Crippen LogP contribution is -2.54. The molecule has 0 saturated carbocycles. The van der Waals surface area contributed by atoms with Crippen LogP contribution in [0.2, 0.25) is 0 Å². The molecule has 2 N–H and O–H groups in total. The number of aliphatic hydroxyl groups is 1. The number of carbonyl (C=O) groups is 2. The van der Waals surface area contributed by atoms with Crippen LogP contribution in [0.1, 0.15) is 56.6 Å². The summed E-state index contributed by atoms with van der Waals surface area (Å²) >= 11 is 1.56. The lowest BCUT2D eigenvalue weighted by Gasteiger charge is -2.30. The molecule has 0 unspecified atom stereocenters. The van der Waals surface area contributed by atoms with Gasteiger partial charge in [-0.25, -0.2) is 4.98 Å². The van der Waals surface area contributed by atoms with Crippen LogP contribution in [0, 0.1) is 12.8 Å². The van der Waals surface area contributed by atoms with Gasteiger partial charge in [-0.05, 0) is 49.4 Å². The maximum atomic E-state index is 13.4. The molecule has 2 amide bonds. The average Bonchev–Trinajstić information content (AvgIpc) is 3.51. The number of hydrogen-bond acceptors (Lipinski definition) is 5. The van der Waals surface area contributed by atoms with Crippen molar-refractivity contribution in [2.75, 3.05) is 6.54 Å². The van der Waals surface area contributed by atoms with Gasteiger partial charge in [0.15, 0.2) is 0 Å². The van der Waals surface area contributed by atoms with Gasteiger partial charge < -0.3 is 15.3 Å². The first-order valence-corrected chi connectivity index (χ1v) is 12.9. The molecular formula is C27H33N3O3S. The van der Waals surface area contributed by atoms with E-state index in [1.165, 1.54) is 16.3 Å². The van der Waals surface area contributed by atoms with Crippen molar-refractivity contribution < 1.29 is 14.7 Å². The lowest BCUT2D eigenvalue weighted by molar-refractivity contribution is -0.141. The zero-order valence-electron chi connectivity index (χ0n) is 20.2. The van der Waals surface area contributed by atoms with E-state index < -0.39 is 12.1 Å². The molecule has 0 aliphatic carbocycles. The van der Waals surface area contributed by atoms with E-state index in [0.717, 1.165) is 29.1 Å². The summed E-state index contributed by atoms with van der Waals surface area (Å²) in [6.07, 6.45) is 1.38. The molecule has 0 spiro atoms. The summed E-state index contributed by atoms with van der Waals surface area (Å²) in [5.41, 5.74) is 3.22. The number of benzene rings is 2. The highest BCUT2D eigenvalue weighted by Gasteiger charge is 2.38. The van der Waals surface area contributed by atoms with Gasteiger partial charge in [0.25, 0.3) is 0 Å². The smallest absolute Gasteiger partial charge is 0.248 e. The summed E-state index contributed by atoms with van der Waals surface area (Å²) in [4.78, 5) is 32.6. The first-order chi connectivity index (χ1) is 16.3. The first kappa shape index (κ1) is 24.4. The van der Waals surface area contributed by atoms with E-state index in [4.69, 9.17) is 4.98 Å². The molecule has 4 rings (SSSR count).